The van der Waals surface area contributed by atoms with Gasteiger partial charge in [-0.2, -0.15) is 0 Å². The minimum absolute atomic E-state index is 0.0155. The summed E-state index contributed by atoms with van der Waals surface area (Å²) in [7, 11) is 3.49. The van der Waals surface area contributed by atoms with Crippen LogP contribution in [0.3, 0.4) is 0 Å². The Bertz CT molecular complexity index is 789. The van der Waals surface area contributed by atoms with Crippen LogP contribution in [0.4, 0.5) is 11.4 Å². The van der Waals surface area contributed by atoms with E-state index < -0.39 is 10.9 Å². The van der Waals surface area contributed by atoms with Gasteiger partial charge in [-0.15, -0.1) is 0 Å². The number of hydrogen-bond donors (Lipinski definition) is 0. The van der Waals surface area contributed by atoms with Gasteiger partial charge in [-0.25, -0.2) is 4.79 Å². The van der Waals surface area contributed by atoms with Gasteiger partial charge >= 0.3 is 5.97 Å². The number of nitrogens with zero attached hydrogens (tertiary/aromatic N) is 2. The number of nitro groups is 1. The lowest BCUT2D eigenvalue weighted by atomic mass is 10.1. The molecule has 0 fully saturated rings. The SMILES string of the molecule is CCOc1ccc(OCCOC(=O)c2cc([N+](=O)[O-])ccc2N(C)C)cc1. The first-order chi connectivity index (χ1) is 12.9. The largest absolute Gasteiger partial charge is 0.494 e. The molecule has 2 aromatic carbocycles. The molecule has 8 nitrogen and oxygen atoms in total. The van der Waals surface area contributed by atoms with Crippen LogP contribution in [0.5, 0.6) is 11.5 Å². The molecule has 0 N–H and O–H groups in total. The fourth-order valence-electron chi connectivity index (χ4n) is 2.36. The molecule has 0 saturated heterocycles. The number of carbonyl (C=O) groups excluding carboxylic acids is 1. The van der Waals surface area contributed by atoms with Crippen molar-refractivity contribution < 1.29 is 23.9 Å². The normalized spacial score (nSPS) is 10.2. The summed E-state index contributed by atoms with van der Waals surface area (Å²) in [5.74, 6) is 0.731. The van der Waals surface area contributed by atoms with Crippen molar-refractivity contribution in [3.63, 3.8) is 0 Å². The number of rotatable bonds is 9. The second-order valence-corrected chi connectivity index (χ2v) is 5.74. The highest BCUT2D eigenvalue weighted by Crippen LogP contribution is 2.25. The summed E-state index contributed by atoms with van der Waals surface area (Å²) in [6, 6.07) is 11.2. The molecule has 27 heavy (non-hydrogen) atoms. The van der Waals surface area contributed by atoms with Crippen LogP contribution in [0.15, 0.2) is 42.5 Å². The molecule has 0 bridgehead atoms. The van der Waals surface area contributed by atoms with E-state index in [-0.39, 0.29) is 24.5 Å². The quantitative estimate of drug-likeness (QED) is 0.288. The van der Waals surface area contributed by atoms with E-state index in [4.69, 9.17) is 14.2 Å². The summed E-state index contributed by atoms with van der Waals surface area (Å²) in [6.07, 6.45) is 0. The monoisotopic (exact) mass is 374 g/mol. The molecule has 0 aliphatic carbocycles. The van der Waals surface area contributed by atoms with Crippen molar-refractivity contribution in [3.05, 3.63) is 58.1 Å². The van der Waals surface area contributed by atoms with Crippen molar-refractivity contribution in [2.24, 2.45) is 0 Å². The average Bonchev–Trinajstić information content (AvgIpc) is 2.66. The number of carbonyl (C=O) groups is 1. The number of non-ortho nitro benzene ring substituents is 1. The highest BCUT2D eigenvalue weighted by Gasteiger charge is 2.19. The molecule has 0 amide bonds. The van der Waals surface area contributed by atoms with Gasteiger partial charge in [-0.05, 0) is 37.3 Å². The van der Waals surface area contributed by atoms with Crippen molar-refractivity contribution in [2.45, 2.75) is 6.92 Å². The second-order valence-electron chi connectivity index (χ2n) is 5.74. The van der Waals surface area contributed by atoms with Crippen molar-refractivity contribution in [1.29, 1.82) is 0 Å². The third-order valence-corrected chi connectivity index (χ3v) is 3.61. The predicted molar refractivity (Wildman–Crippen MR) is 101 cm³/mol. The van der Waals surface area contributed by atoms with E-state index in [9.17, 15) is 14.9 Å². The van der Waals surface area contributed by atoms with Crippen molar-refractivity contribution in [3.8, 4) is 11.5 Å². The molecule has 0 aromatic heterocycles. The van der Waals surface area contributed by atoms with Crippen LogP contribution in [0.2, 0.25) is 0 Å². The maximum absolute atomic E-state index is 12.3. The molecule has 0 heterocycles. The second kappa shape index (κ2) is 9.42. The van der Waals surface area contributed by atoms with E-state index in [0.29, 0.717) is 18.0 Å². The lowest BCUT2D eigenvalue weighted by Gasteiger charge is -2.16. The molecule has 144 valence electrons. The minimum atomic E-state index is -0.641. The van der Waals surface area contributed by atoms with E-state index in [1.165, 1.54) is 18.2 Å². The number of hydrogen-bond acceptors (Lipinski definition) is 7. The van der Waals surface area contributed by atoms with Crippen LogP contribution < -0.4 is 14.4 Å². The summed E-state index contributed by atoms with van der Waals surface area (Å²) in [6.45, 7) is 2.66. The third kappa shape index (κ3) is 5.60. The molecule has 2 aromatic rings. The maximum Gasteiger partial charge on any atom is 0.340 e. The Balaban J connectivity index is 1.93. The molecule has 0 atom stereocenters. The Labute approximate surface area is 157 Å². The summed E-state index contributed by atoms with van der Waals surface area (Å²) in [5.41, 5.74) is 0.506. The van der Waals surface area contributed by atoms with E-state index in [2.05, 4.69) is 0 Å². The first-order valence-corrected chi connectivity index (χ1v) is 8.41. The van der Waals surface area contributed by atoms with Crippen LogP contribution in [0.25, 0.3) is 0 Å². The fraction of sp³-hybridized carbons (Fsp3) is 0.316. The van der Waals surface area contributed by atoms with Crippen LogP contribution in [-0.4, -0.2) is 44.8 Å². The van der Waals surface area contributed by atoms with E-state index >= 15 is 0 Å². The van der Waals surface area contributed by atoms with E-state index in [0.717, 1.165) is 5.75 Å². The molecule has 0 unspecified atom stereocenters. The zero-order valence-electron chi connectivity index (χ0n) is 15.5. The van der Waals surface area contributed by atoms with Crippen molar-refractivity contribution in [2.75, 3.05) is 38.8 Å². The molecular formula is C19H22N2O6. The van der Waals surface area contributed by atoms with Crippen LogP contribution in [0, 0.1) is 10.1 Å². The lowest BCUT2D eigenvalue weighted by Crippen LogP contribution is -2.17. The van der Waals surface area contributed by atoms with Gasteiger partial charge in [0.15, 0.2) is 0 Å². The van der Waals surface area contributed by atoms with E-state index in [1.54, 1.807) is 43.3 Å². The molecule has 0 aliphatic rings. The van der Waals surface area contributed by atoms with E-state index in [1.807, 2.05) is 6.92 Å². The lowest BCUT2D eigenvalue weighted by molar-refractivity contribution is -0.384. The van der Waals surface area contributed by atoms with Gasteiger partial charge in [0.1, 0.15) is 24.7 Å². The maximum atomic E-state index is 12.3. The molecule has 0 aliphatic heterocycles. The summed E-state index contributed by atoms with van der Waals surface area (Å²) in [4.78, 5) is 24.4. The number of esters is 1. The summed E-state index contributed by atoms with van der Waals surface area (Å²) < 4.78 is 16.1. The molecule has 0 saturated carbocycles. The van der Waals surface area contributed by atoms with Crippen LogP contribution >= 0.6 is 0 Å². The topological polar surface area (TPSA) is 91.1 Å². The Morgan fingerprint density at radius 2 is 1.67 bits per heavy atom. The Morgan fingerprint density at radius 3 is 2.22 bits per heavy atom. The molecular weight excluding hydrogens is 352 g/mol. The predicted octanol–water partition coefficient (Wildman–Crippen LogP) is 3.30. The minimum Gasteiger partial charge on any atom is -0.494 e. The van der Waals surface area contributed by atoms with Gasteiger partial charge in [0.25, 0.3) is 5.69 Å². The first kappa shape index (κ1) is 20.0. The smallest absolute Gasteiger partial charge is 0.340 e. The fourth-order valence-corrected chi connectivity index (χ4v) is 2.36. The zero-order valence-corrected chi connectivity index (χ0v) is 15.5. The number of nitro benzene ring substituents is 1. The first-order valence-electron chi connectivity index (χ1n) is 8.41. The molecule has 2 rings (SSSR count). The molecule has 0 radical (unpaired) electrons. The van der Waals surface area contributed by atoms with Crippen LogP contribution in [0.1, 0.15) is 17.3 Å². The Morgan fingerprint density at radius 1 is 1.04 bits per heavy atom. The van der Waals surface area contributed by atoms with Gasteiger partial charge in [-0.3, -0.25) is 10.1 Å². The van der Waals surface area contributed by atoms with Crippen molar-refractivity contribution in [1.82, 2.24) is 0 Å². The highest BCUT2D eigenvalue weighted by atomic mass is 16.6. The molecule has 8 heteroatoms. The Kier molecular flexibility index (Phi) is 6.99. The van der Waals surface area contributed by atoms with Gasteiger partial charge in [0, 0.05) is 26.2 Å². The number of benzene rings is 2. The summed E-state index contributed by atoms with van der Waals surface area (Å²) >= 11 is 0. The average molecular weight is 374 g/mol. The van der Waals surface area contributed by atoms with Gasteiger partial charge in [0.2, 0.25) is 0 Å². The summed E-state index contributed by atoms with van der Waals surface area (Å²) in [5, 5.41) is 11.0. The van der Waals surface area contributed by atoms with Gasteiger partial charge < -0.3 is 19.1 Å². The van der Waals surface area contributed by atoms with Crippen LogP contribution in [-0.2, 0) is 4.74 Å². The Hall–Kier alpha value is -3.29. The van der Waals surface area contributed by atoms with Gasteiger partial charge in [-0.1, -0.05) is 0 Å². The zero-order chi connectivity index (χ0) is 19.8. The number of ether oxygens (including phenoxy) is 3. The highest BCUT2D eigenvalue weighted by molar-refractivity contribution is 5.96. The third-order valence-electron chi connectivity index (χ3n) is 3.61. The number of anilines is 1. The van der Waals surface area contributed by atoms with Gasteiger partial charge in [0.05, 0.1) is 22.8 Å². The van der Waals surface area contributed by atoms with Crippen molar-refractivity contribution >= 4 is 17.3 Å². The standard InChI is InChI=1S/C19H22N2O6/c1-4-25-15-6-8-16(9-7-15)26-11-12-27-19(22)17-13-14(21(23)24)5-10-18(17)20(2)3/h5-10,13H,4,11-12H2,1-3H3. The molecule has 0 spiro atoms.